The molecule has 3 aliphatic rings. The fourth-order valence-corrected chi connectivity index (χ4v) is 6.12. The molecular formula is C28H45N5O6. The van der Waals surface area contributed by atoms with Crippen molar-refractivity contribution in [3.05, 3.63) is 17.2 Å². The van der Waals surface area contributed by atoms with Gasteiger partial charge in [-0.3, -0.25) is 9.59 Å². The smallest absolute Gasteiger partial charge is 0.407 e. The number of fused-ring (bicyclic) bond motifs is 1. The van der Waals surface area contributed by atoms with E-state index in [9.17, 15) is 19.5 Å². The highest BCUT2D eigenvalue weighted by atomic mass is 16.5. The molecule has 1 aliphatic carbocycles. The van der Waals surface area contributed by atoms with Crippen LogP contribution in [0, 0.1) is 11.8 Å². The average Bonchev–Trinajstić information content (AvgIpc) is 3.32. The lowest BCUT2D eigenvalue weighted by Crippen LogP contribution is -2.58. The van der Waals surface area contributed by atoms with E-state index in [1.54, 1.807) is 16.9 Å². The Morgan fingerprint density at radius 1 is 1.10 bits per heavy atom. The number of nitrogens with zero attached hydrogens (tertiary/aromatic N) is 5. The maximum atomic E-state index is 14.3. The van der Waals surface area contributed by atoms with Gasteiger partial charge in [0.25, 0.3) is 5.91 Å². The van der Waals surface area contributed by atoms with Crippen LogP contribution in [0.5, 0.6) is 0 Å². The van der Waals surface area contributed by atoms with E-state index >= 15 is 0 Å². The van der Waals surface area contributed by atoms with Crippen molar-refractivity contribution in [2.24, 2.45) is 11.8 Å². The van der Waals surface area contributed by atoms with Crippen LogP contribution in [0.4, 0.5) is 4.79 Å². The summed E-state index contributed by atoms with van der Waals surface area (Å²) >= 11 is 0. The summed E-state index contributed by atoms with van der Waals surface area (Å²) in [4.78, 5) is 49.6. The van der Waals surface area contributed by atoms with Crippen LogP contribution in [-0.4, -0.2) is 113 Å². The SMILES string of the molecule is COCCCCn1c(C(=O)N(CC(C)C)[C@H]2C[C@@H](C(=O)N3CCOCC3)CN(C(=O)O)C2)nc2c1CCCC2. The number of aryl methyl sites for hydroxylation is 1. The molecule has 218 valence electrons. The minimum Gasteiger partial charge on any atom is -0.465 e. The van der Waals surface area contributed by atoms with E-state index in [0.717, 1.165) is 49.9 Å². The van der Waals surface area contributed by atoms with Crippen molar-refractivity contribution in [3.8, 4) is 0 Å². The molecule has 2 fully saturated rings. The molecule has 2 aliphatic heterocycles. The zero-order valence-corrected chi connectivity index (χ0v) is 23.8. The lowest BCUT2D eigenvalue weighted by molar-refractivity contribution is -0.142. The minimum absolute atomic E-state index is 0.0543. The number of carboxylic acid groups (broad SMARTS) is 1. The predicted molar refractivity (Wildman–Crippen MR) is 145 cm³/mol. The Kier molecular flexibility index (Phi) is 10.2. The summed E-state index contributed by atoms with van der Waals surface area (Å²) in [5.41, 5.74) is 2.17. The van der Waals surface area contributed by atoms with Crippen molar-refractivity contribution in [2.45, 2.75) is 71.4 Å². The normalized spacial score (nSPS) is 21.6. The van der Waals surface area contributed by atoms with Gasteiger partial charge in [-0.05, 0) is 50.9 Å². The summed E-state index contributed by atoms with van der Waals surface area (Å²) in [7, 11) is 1.69. The Balaban J connectivity index is 1.62. The number of methoxy groups -OCH3 is 1. The fourth-order valence-electron chi connectivity index (χ4n) is 6.12. The number of piperidine rings is 1. The first-order valence-corrected chi connectivity index (χ1v) is 14.5. The molecule has 1 N–H and O–H groups in total. The fraction of sp³-hybridized carbons (Fsp3) is 0.786. The van der Waals surface area contributed by atoms with Crippen LogP contribution in [0.1, 0.15) is 68.0 Å². The van der Waals surface area contributed by atoms with Gasteiger partial charge in [-0.2, -0.15) is 0 Å². The number of aromatic nitrogens is 2. The molecule has 11 heteroatoms. The summed E-state index contributed by atoms with van der Waals surface area (Å²) in [6.07, 6.45) is 5.09. The summed E-state index contributed by atoms with van der Waals surface area (Å²) in [6, 6.07) is -0.407. The highest BCUT2D eigenvalue weighted by molar-refractivity contribution is 5.91. The van der Waals surface area contributed by atoms with Crippen LogP contribution >= 0.6 is 0 Å². The Morgan fingerprint density at radius 3 is 2.54 bits per heavy atom. The molecule has 1 aromatic heterocycles. The topological polar surface area (TPSA) is 117 Å². The third-order valence-corrected chi connectivity index (χ3v) is 8.04. The highest BCUT2D eigenvalue weighted by Gasteiger charge is 2.41. The maximum Gasteiger partial charge on any atom is 0.407 e. The third kappa shape index (κ3) is 7.11. The quantitative estimate of drug-likeness (QED) is 0.447. The summed E-state index contributed by atoms with van der Waals surface area (Å²) in [5, 5.41) is 9.93. The second-order valence-corrected chi connectivity index (χ2v) is 11.5. The number of morpholine rings is 1. The van der Waals surface area contributed by atoms with Crippen LogP contribution in [-0.2, 0) is 33.7 Å². The number of likely N-dealkylation sites (tertiary alicyclic amines) is 1. The van der Waals surface area contributed by atoms with Gasteiger partial charge in [-0.15, -0.1) is 0 Å². The van der Waals surface area contributed by atoms with Crippen molar-refractivity contribution in [2.75, 3.05) is 59.7 Å². The van der Waals surface area contributed by atoms with E-state index < -0.39 is 18.1 Å². The molecule has 0 saturated carbocycles. The van der Waals surface area contributed by atoms with Crippen molar-refractivity contribution in [1.82, 2.24) is 24.3 Å². The highest BCUT2D eigenvalue weighted by Crippen LogP contribution is 2.28. The van der Waals surface area contributed by atoms with Crippen LogP contribution in [0.25, 0.3) is 0 Å². The Labute approximate surface area is 231 Å². The van der Waals surface area contributed by atoms with Gasteiger partial charge in [-0.25, -0.2) is 9.78 Å². The van der Waals surface area contributed by atoms with Crippen molar-refractivity contribution >= 4 is 17.9 Å². The summed E-state index contributed by atoms with van der Waals surface area (Å²) in [6.45, 7) is 8.27. The first kappa shape index (κ1) is 29.3. The first-order valence-electron chi connectivity index (χ1n) is 14.5. The van der Waals surface area contributed by atoms with Gasteiger partial charge < -0.3 is 33.8 Å². The van der Waals surface area contributed by atoms with Gasteiger partial charge in [0.05, 0.1) is 30.9 Å². The number of hydrogen-bond donors (Lipinski definition) is 1. The van der Waals surface area contributed by atoms with Crippen LogP contribution in [0.2, 0.25) is 0 Å². The van der Waals surface area contributed by atoms with E-state index in [4.69, 9.17) is 14.5 Å². The molecule has 2 atom stereocenters. The number of rotatable bonds is 10. The molecule has 3 heterocycles. The van der Waals surface area contributed by atoms with Gasteiger partial charge in [0.1, 0.15) is 0 Å². The molecule has 0 spiro atoms. The molecule has 11 nitrogen and oxygen atoms in total. The summed E-state index contributed by atoms with van der Waals surface area (Å²) < 4.78 is 12.7. The van der Waals surface area contributed by atoms with E-state index in [-0.39, 0.29) is 30.8 Å². The minimum atomic E-state index is -1.06. The average molecular weight is 548 g/mol. The van der Waals surface area contributed by atoms with E-state index in [1.807, 2.05) is 0 Å². The largest absolute Gasteiger partial charge is 0.465 e. The molecule has 0 aromatic carbocycles. The molecule has 0 bridgehead atoms. The standard InChI is InChI=1S/C28H45N5O6/c1-20(2)17-33(22-16-21(18-31(19-22)28(36)37)26(34)30-11-14-39-15-12-30)27(35)25-29-23-8-4-5-9-24(23)32(25)10-6-7-13-38-3/h20-22H,4-19H2,1-3H3,(H,36,37)/t21-,22+/m1/s1. The Hall–Kier alpha value is -2.66. The number of unbranched alkanes of at least 4 members (excludes halogenated alkanes) is 1. The maximum absolute atomic E-state index is 14.3. The lowest BCUT2D eigenvalue weighted by Gasteiger charge is -2.43. The van der Waals surface area contributed by atoms with Crippen molar-refractivity contribution in [3.63, 3.8) is 0 Å². The second-order valence-electron chi connectivity index (χ2n) is 11.5. The zero-order valence-electron chi connectivity index (χ0n) is 23.8. The van der Waals surface area contributed by atoms with Gasteiger partial charge in [0.15, 0.2) is 5.82 Å². The summed E-state index contributed by atoms with van der Waals surface area (Å²) in [5.74, 6) is -0.103. The Morgan fingerprint density at radius 2 is 1.85 bits per heavy atom. The number of carbonyl (C=O) groups is 3. The van der Waals surface area contributed by atoms with E-state index in [0.29, 0.717) is 58.2 Å². The molecular weight excluding hydrogens is 502 g/mol. The molecule has 39 heavy (non-hydrogen) atoms. The van der Waals surface area contributed by atoms with Crippen LogP contribution in [0.3, 0.4) is 0 Å². The molecule has 2 saturated heterocycles. The molecule has 0 unspecified atom stereocenters. The van der Waals surface area contributed by atoms with Crippen LogP contribution < -0.4 is 0 Å². The predicted octanol–water partition coefficient (Wildman–Crippen LogP) is 2.51. The molecule has 1 aromatic rings. The third-order valence-electron chi connectivity index (χ3n) is 8.04. The molecule has 3 amide bonds. The lowest BCUT2D eigenvalue weighted by atomic mass is 9.91. The number of imidazole rings is 1. The first-order chi connectivity index (χ1) is 18.8. The molecule has 0 radical (unpaired) electrons. The van der Waals surface area contributed by atoms with Crippen molar-refractivity contribution < 1.29 is 29.0 Å². The number of amides is 3. The monoisotopic (exact) mass is 547 g/mol. The Bertz CT molecular complexity index is 1000. The van der Waals surface area contributed by atoms with Gasteiger partial charge in [-0.1, -0.05) is 13.8 Å². The van der Waals surface area contributed by atoms with Gasteiger partial charge in [0, 0.05) is 58.7 Å². The van der Waals surface area contributed by atoms with Gasteiger partial charge in [0.2, 0.25) is 5.91 Å². The van der Waals surface area contributed by atoms with Crippen LogP contribution in [0.15, 0.2) is 0 Å². The number of carbonyl (C=O) groups excluding carboxylic acids is 2. The van der Waals surface area contributed by atoms with E-state index in [2.05, 4.69) is 18.4 Å². The number of ether oxygens (including phenoxy) is 2. The van der Waals surface area contributed by atoms with Gasteiger partial charge >= 0.3 is 6.09 Å². The van der Waals surface area contributed by atoms with E-state index in [1.165, 1.54) is 4.90 Å². The number of hydrogen-bond acceptors (Lipinski definition) is 6. The second kappa shape index (κ2) is 13.6. The van der Waals surface area contributed by atoms with Crippen molar-refractivity contribution in [1.29, 1.82) is 0 Å². The zero-order chi connectivity index (χ0) is 27.9. The molecule has 4 rings (SSSR count).